The summed E-state index contributed by atoms with van der Waals surface area (Å²) in [5.74, 6) is 0. The van der Waals surface area contributed by atoms with Crippen LogP contribution in [0.2, 0.25) is 0 Å². The summed E-state index contributed by atoms with van der Waals surface area (Å²) >= 11 is 0. The van der Waals surface area contributed by atoms with E-state index in [4.69, 9.17) is 28.4 Å². The topological polar surface area (TPSA) is 62.0 Å². The van der Waals surface area contributed by atoms with E-state index in [1.54, 1.807) is 0 Å². The van der Waals surface area contributed by atoms with Gasteiger partial charge in [0.1, 0.15) is 19.0 Å². The molecule has 2 saturated heterocycles. The maximum atomic E-state index is 5.90. The van der Waals surface area contributed by atoms with Gasteiger partial charge in [0, 0.05) is 0 Å². The SMILES string of the molecule is CC(C)(CCC(C)(C)COCC1CO1)COCOCC(C)(C)CCC(C)(C)COCC1CO1. The Labute approximate surface area is 203 Å². The van der Waals surface area contributed by atoms with Crippen LogP contribution in [0.3, 0.4) is 0 Å². The summed E-state index contributed by atoms with van der Waals surface area (Å²) in [6.07, 6.45) is 5.08. The van der Waals surface area contributed by atoms with Crippen LogP contribution < -0.4 is 0 Å². The van der Waals surface area contributed by atoms with Gasteiger partial charge in [0.05, 0.1) is 52.9 Å². The summed E-state index contributed by atoms with van der Waals surface area (Å²) in [4.78, 5) is 0. The molecule has 0 aromatic carbocycles. The lowest BCUT2D eigenvalue weighted by molar-refractivity contribution is -0.0993. The molecule has 2 fully saturated rings. The van der Waals surface area contributed by atoms with Gasteiger partial charge < -0.3 is 28.4 Å². The van der Waals surface area contributed by atoms with E-state index in [0.29, 0.717) is 32.2 Å². The molecule has 33 heavy (non-hydrogen) atoms. The molecular weight excluding hydrogens is 420 g/mol. The predicted octanol–water partition coefficient (Wildman–Crippen LogP) is 5.47. The highest BCUT2D eigenvalue weighted by Gasteiger charge is 2.29. The zero-order valence-electron chi connectivity index (χ0n) is 22.8. The van der Waals surface area contributed by atoms with Gasteiger partial charge in [0.25, 0.3) is 0 Å². The van der Waals surface area contributed by atoms with E-state index in [-0.39, 0.29) is 21.7 Å². The summed E-state index contributed by atoms with van der Waals surface area (Å²) in [5.41, 5.74) is 0.560. The van der Waals surface area contributed by atoms with Crippen LogP contribution in [0.5, 0.6) is 0 Å². The van der Waals surface area contributed by atoms with E-state index in [2.05, 4.69) is 55.4 Å². The first-order valence-electron chi connectivity index (χ1n) is 12.8. The lowest BCUT2D eigenvalue weighted by atomic mass is 9.80. The fourth-order valence-corrected chi connectivity index (χ4v) is 3.60. The second-order valence-electron chi connectivity index (χ2n) is 13.4. The van der Waals surface area contributed by atoms with E-state index in [1.165, 1.54) is 0 Å². The number of ether oxygens (including phenoxy) is 6. The average Bonchev–Trinajstić information content (AvgIpc) is 3.61. The first-order valence-corrected chi connectivity index (χ1v) is 12.8. The molecule has 0 spiro atoms. The van der Waals surface area contributed by atoms with Gasteiger partial charge in [-0.3, -0.25) is 0 Å². The van der Waals surface area contributed by atoms with Crippen molar-refractivity contribution in [3.8, 4) is 0 Å². The highest BCUT2D eigenvalue weighted by atomic mass is 16.7. The molecule has 0 aliphatic carbocycles. The Balaban J connectivity index is 1.52. The number of rotatable bonds is 20. The maximum absolute atomic E-state index is 5.90. The summed E-state index contributed by atoms with van der Waals surface area (Å²) in [7, 11) is 0. The molecule has 0 aromatic rings. The van der Waals surface area contributed by atoms with Crippen molar-refractivity contribution < 1.29 is 28.4 Å². The number of hydrogen-bond acceptors (Lipinski definition) is 6. The normalized spacial score (nSPS) is 21.5. The van der Waals surface area contributed by atoms with Gasteiger partial charge in [0.2, 0.25) is 0 Å². The maximum Gasteiger partial charge on any atom is 0.146 e. The zero-order valence-corrected chi connectivity index (χ0v) is 22.8. The third-order valence-corrected chi connectivity index (χ3v) is 6.51. The van der Waals surface area contributed by atoms with E-state index in [9.17, 15) is 0 Å². The second kappa shape index (κ2) is 12.6. The molecule has 2 unspecified atom stereocenters. The summed E-state index contributed by atoms with van der Waals surface area (Å²) in [6.45, 7) is 24.7. The first-order chi connectivity index (χ1) is 15.3. The standard InChI is InChI=1S/C27H52O6/c1-24(2,17-28-13-22-15-32-22)9-11-26(5,6)19-30-21-31-20-27(7,8)12-10-25(3,4)18-29-14-23-16-33-23/h22-23H,9-21H2,1-8H3. The molecule has 2 rings (SSSR count). The smallest absolute Gasteiger partial charge is 0.146 e. The fraction of sp³-hybridized carbons (Fsp3) is 1.00. The molecule has 196 valence electrons. The molecule has 2 aliphatic rings. The largest absolute Gasteiger partial charge is 0.378 e. The molecule has 2 atom stereocenters. The predicted molar refractivity (Wildman–Crippen MR) is 131 cm³/mol. The quantitative estimate of drug-likeness (QED) is 0.133. The fourth-order valence-electron chi connectivity index (χ4n) is 3.60. The summed E-state index contributed by atoms with van der Waals surface area (Å²) in [5, 5.41) is 0. The van der Waals surface area contributed by atoms with E-state index in [0.717, 1.165) is 65.3 Å². The second-order valence-corrected chi connectivity index (χ2v) is 13.4. The van der Waals surface area contributed by atoms with Crippen molar-refractivity contribution in [3.05, 3.63) is 0 Å². The molecule has 0 radical (unpaired) electrons. The minimum Gasteiger partial charge on any atom is -0.378 e. The Morgan fingerprint density at radius 1 is 0.515 bits per heavy atom. The van der Waals surface area contributed by atoms with E-state index >= 15 is 0 Å². The van der Waals surface area contributed by atoms with Crippen LogP contribution in [0.4, 0.5) is 0 Å². The Morgan fingerprint density at radius 2 is 0.788 bits per heavy atom. The Bertz CT molecular complexity index is 501. The molecule has 0 saturated carbocycles. The van der Waals surface area contributed by atoms with Crippen molar-refractivity contribution in [2.45, 2.75) is 93.3 Å². The van der Waals surface area contributed by atoms with Crippen LogP contribution in [0, 0.1) is 21.7 Å². The van der Waals surface area contributed by atoms with Gasteiger partial charge in [-0.2, -0.15) is 0 Å². The molecule has 0 amide bonds. The van der Waals surface area contributed by atoms with Crippen molar-refractivity contribution in [2.24, 2.45) is 21.7 Å². The number of epoxide rings is 2. The average molecular weight is 473 g/mol. The van der Waals surface area contributed by atoms with Gasteiger partial charge in [-0.15, -0.1) is 0 Å². The zero-order chi connectivity index (χ0) is 24.6. The van der Waals surface area contributed by atoms with Gasteiger partial charge in [0.15, 0.2) is 0 Å². The lowest BCUT2D eigenvalue weighted by Gasteiger charge is -2.32. The highest BCUT2D eigenvalue weighted by Crippen LogP contribution is 2.33. The van der Waals surface area contributed by atoms with Crippen molar-refractivity contribution in [3.63, 3.8) is 0 Å². The monoisotopic (exact) mass is 472 g/mol. The molecule has 6 heteroatoms. The van der Waals surface area contributed by atoms with Gasteiger partial charge in [-0.05, 0) is 47.3 Å². The third-order valence-electron chi connectivity index (χ3n) is 6.51. The van der Waals surface area contributed by atoms with Crippen LogP contribution in [0.25, 0.3) is 0 Å². The molecular formula is C27H52O6. The van der Waals surface area contributed by atoms with Crippen molar-refractivity contribution >= 4 is 0 Å². The van der Waals surface area contributed by atoms with E-state index < -0.39 is 0 Å². The summed E-state index contributed by atoms with van der Waals surface area (Å²) < 4.78 is 33.9. The highest BCUT2D eigenvalue weighted by molar-refractivity contribution is 4.77. The van der Waals surface area contributed by atoms with Crippen LogP contribution in [0.15, 0.2) is 0 Å². The molecule has 6 nitrogen and oxygen atoms in total. The summed E-state index contributed by atoms with van der Waals surface area (Å²) in [6, 6.07) is 0. The van der Waals surface area contributed by atoms with Gasteiger partial charge in [-0.25, -0.2) is 0 Å². The van der Waals surface area contributed by atoms with Crippen LogP contribution in [-0.4, -0.2) is 71.9 Å². The minimum atomic E-state index is 0.116. The molecule has 0 bridgehead atoms. The first kappa shape index (κ1) is 29.0. The Morgan fingerprint density at radius 3 is 1.06 bits per heavy atom. The number of hydrogen-bond donors (Lipinski definition) is 0. The molecule has 2 aliphatic heterocycles. The third kappa shape index (κ3) is 14.7. The van der Waals surface area contributed by atoms with Crippen molar-refractivity contribution in [1.82, 2.24) is 0 Å². The van der Waals surface area contributed by atoms with Crippen LogP contribution >= 0.6 is 0 Å². The Hall–Kier alpha value is -0.240. The van der Waals surface area contributed by atoms with Gasteiger partial charge >= 0.3 is 0 Å². The lowest BCUT2D eigenvalue weighted by Crippen LogP contribution is -2.28. The minimum absolute atomic E-state index is 0.116. The van der Waals surface area contributed by atoms with Crippen molar-refractivity contribution in [2.75, 3.05) is 59.6 Å². The van der Waals surface area contributed by atoms with E-state index in [1.807, 2.05) is 0 Å². The molecule has 0 aromatic heterocycles. The van der Waals surface area contributed by atoms with Crippen molar-refractivity contribution in [1.29, 1.82) is 0 Å². The van der Waals surface area contributed by atoms with Crippen LogP contribution in [0.1, 0.15) is 81.1 Å². The Kier molecular flexibility index (Phi) is 11.1. The van der Waals surface area contributed by atoms with Crippen LogP contribution in [-0.2, 0) is 28.4 Å². The van der Waals surface area contributed by atoms with Gasteiger partial charge in [-0.1, -0.05) is 55.4 Å². The molecule has 0 N–H and O–H groups in total. The molecule has 2 heterocycles.